The highest BCUT2D eigenvalue weighted by molar-refractivity contribution is 5.80. The Morgan fingerprint density at radius 3 is 2.67 bits per heavy atom. The smallest absolute Gasteiger partial charge is 0.323 e. The summed E-state index contributed by atoms with van der Waals surface area (Å²) in [6.07, 6.45) is 2.82. The van der Waals surface area contributed by atoms with Gasteiger partial charge in [0.1, 0.15) is 6.54 Å². The number of hydrogen-bond acceptors (Lipinski definition) is 3. The van der Waals surface area contributed by atoms with Crippen molar-refractivity contribution in [3.63, 3.8) is 0 Å². The van der Waals surface area contributed by atoms with Crippen LogP contribution in [-0.4, -0.2) is 66.3 Å². The number of nitrogens with zero attached hydrogens (tertiary/aromatic N) is 2. The number of carbonyl (C=O) groups is 2. The van der Waals surface area contributed by atoms with Crippen molar-refractivity contribution in [1.82, 2.24) is 9.80 Å². The molecule has 1 unspecified atom stereocenters. The molecule has 6 heteroatoms. The second kappa shape index (κ2) is 7.20. The van der Waals surface area contributed by atoms with Gasteiger partial charge in [0.25, 0.3) is 0 Å². The highest BCUT2D eigenvalue weighted by Gasteiger charge is 2.24. The second-order valence-corrected chi connectivity index (χ2v) is 4.61. The van der Waals surface area contributed by atoms with Crippen molar-refractivity contribution >= 4 is 12.0 Å². The van der Waals surface area contributed by atoms with E-state index in [0.29, 0.717) is 13.1 Å². The topological polar surface area (TPSA) is 70.1 Å². The molecule has 1 aliphatic heterocycles. The first-order chi connectivity index (χ1) is 8.54. The number of amides is 2. The molecule has 0 bridgehead atoms. The molecule has 0 spiro atoms. The molecule has 0 aromatic carbocycles. The van der Waals surface area contributed by atoms with Crippen molar-refractivity contribution in [1.29, 1.82) is 0 Å². The minimum absolute atomic E-state index is 0.0901. The quantitative estimate of drug-likeness (QED) is 0.772. The molecule has 6 nitrogen and oxygen atoms in total. The number of aliphatic carboxylic acids is 1. The lowest BCUT2D eigenvalue weighted by atomic mass is 10.2. The van der Waals surface area contributed by atoms with E-state index in [1.807, 2.05) is 6.92 Å². The SMILES string of the molecule is CCCN(CC(=O)O)C(=O)N(C)CC1CCCO1. The number of carboxylic acid groups (broad SMARTS) is 1. The van der Waals surface area contributed by atoms with Gasteiger partial charge in [-0.05, 0) is 19.3 Å². The maximum absolute atomic E-state index is 12.1. The Morgan fingerprint density at radius 2 is 2.17 bits per heavy atom. The average Bonchev–Trinajstić information content (AvgIpc) is 2.79. The summed E-state index contributed by atoms with van der Waals surface area (Å²) in [6.45, 7) is 3.41. The summed E-state index contributed by atoms with van der Waals surface area (Å²) < 4.78 is 5.47. The van der Waals surface area contributed by atoms with E-state index in [1.165, 1.54) is 4.90 Å². The van der Waals surface area contributed by atoms with Gasteiger partial charge in [-0.25, -0.2) is 4.79 Å². The fourth-order valence-corrected chi connectivity index (χ4v) is 2.09. The Kier molecular flexibility index (Phi) is 5.91. The Balaban J connectivity index is 2.48. The molecule has 0 aliphatic carbocycles. The summed E-state index contributed by atoms with van der Waals surface area (Å²) in [7, 11) is 1.69. The van der Waals surface area contributed by atoms with Gasteiger partial charge in [0.15, 0.2) is 0 Å². The van der Waals surface area contributed by atoms with Crippen LogP contribution in [0.5, 0.6) is 0 Å². The minimum atomic E-state index is -0.984. The third kappa shape index (κ3) is 4.52. The monoisotopic (exact) mass is 258 g/mol. The van der Waals surface area contributed by atoms with Crippen LogP contribution in [0.25, 0.3) is 0 Å². The van der Waals surface area contributed by atoms with Crippen LogP contribution in [0, 0.1) is 0 Å². The van der Waals surface area contributed by atoms with Crippen LogP contribution in [0.2, 0.25) is 0 Å². The van der Waals surface area contributed by atoms with E-state index in [2.05, 4.69) is 0 Å². The van der Waals surface area contributed by atoms with Gasteiger partial charge in [0, 0.05) is 26.7 Å². The summed E-state index contributed by atoms with van der Waals surface area (Å²) in [4.78, 5) is 25.7. The molecule has 1 fully saturated rings. The van der Waals surface area contributed by atoms with Crippen LogP contribution in [0.1, 0.15) is 26.2 Å². The molecule has 1 saturated heterocycles. The van der Waals surface area contributed by atoms with E-state index in [1.54, 1.807) is 11.9 Å². The first kappa shape index (κ1) is 14.8. The van der Waals surface area contributed by atoms with Gasteiger partial charge < -0.3 is 19.6 Å². The van der Waals surface area contributed by atoms with E-state index in [0.717, 1.165) is 25.9 Å². The third-order valence-electron chi connectivity index (χ3n) is 2.92. The third-order valence-corrected chi connectivity index (χ3v) is 2.92. The summed E-state index contributed by atoms with van der Waals surface area (Å²) in [5.74, 6) is -0.984. The second-order valence-electron chi connectivity index (χ2n) is 4.61. The molecular weight excluding hydrogens is 236 g/mol. The predicted octanol–water partition coefficient (Wildman–Crippen LogP) is 1.01. The van der Waals surface area contributed by atoms with E-state index >= 15 is 0 Å². The molecule has 0 aromatic rings. The van der Waals surface area contributed by atoms with Gasteiger partial charge in [-0.2, -0.15) is 0 Å². The zero-order valence-corrected chi connectivity index (χ0v) is 11.1. The standard InChI is InChI=1S/C12H22N2O4/c1-3-6-14(9-11(15)16)12(17)13(2)8-10-5-4-7-18-10/h10H,3-9H2,1-2H3,(H,15,16). The molecule has 2 amide bonds. The van der Waals surface area contributed by atoms with Crippen LogP contribution >= 0.6 is 0 Å². The molecule has 1 atom stereocenters. The van der Waals surface area contributed by atoms with Crippen molar-refractivity contribution in [2.75, 3.05) is 33.3 Å². The Labute approximate surface area is 107 Å². The molecule has 0 saturated carbocycles. The van der Waals surface area contributed by atoms with Gasteiger partial charge in [-0.15, -0.1) is 0 Å². The molecule has 18 heavy (non-hydrogen) atoms. The number of carbonyl (C=O) groups excluding carboxylic acids is 1. The summed E-state index contributed by atoms with van der Waals surface area (Å²) in [5.41, 5.74) is 0. The van der Waals surface area contributed by atoms with E-state index in [-0.39, 0.29) is 18.7 Å². The zero-order valence-electron chi connectivity index (χ0n) is 11.1. The number of rotatable bonds is 6. The van der Waals surface area contributed by atoms with Crippen LogP contribution in [0.15, 0.2) is 0 Å². The van der Waals surface area contributed by atoms with Gasteiger partial charge in [-0.1, -0.05) is 6.92 Å². The van der Waals surface area contributed by atoms with E-state index in [4.69, 9.17) is 9.84 Å². The van der Waals surface area contributed by atoms with E-state index in [9.17, 15) is 9.59 Å². The van der Waals surface area contributed by atoms with Gasteiger partial charge in [0.05, 0.1) is 6.10 Å². The zero-order chi connectivity index (χ0) is 13.5. The molecule has 0 radical (unpaired) electrons. The lowest BCUT2D eigenvalue weighted by molar-refractivity contribution is -0.137. The van der Waals surface area contributed by atoms with Crippen LogP contribution < -0.4 is 0 Å². The van der Waals surface area contributed by atoms with Crippen LogP contribution in [0.3, 0.4) is 0 Å². The molecule has 1 heterocycles. The van der Waals surface area contributed by atoms with Crippen molar-refractivity contribution in [2.45, 2.75) is 32.3 Å². The highest BCUT2D eigenvalue weighted by atomic mass is 16.5. The first-order valence-electron chi connectivity index (χ1n) is 6.38. The Hall–Kier alpha value is -1.30. The van der Waals surface area contributed by atoms with Crippen LogP contribution in [-0.2, 0) is 9.53 Å². The summed E-state index contributed by atoms with van der Waals surface area (Å²) >= 11 is 0. The minimum Gasteiger partial charge on any atom is -0.480 e. The predicted molar refractivity (Wildman–Crippen MR) is 66.5 cm³/mol. The fourth-order valence-electron chi connectivity index (χ4n) is 2.09. The molecular formula is C12H22N2O4. The molecule has 104 valence electrons. The van der Waals surface area contributed by atoms with Gasteiger partial charge >= 0.3 is 12.0 Å². The van der Waals surface area contributed by atoms with Crippen molar-refractivity contribution in [3.05, 3.63) is 0 Å². The van der Waals surface area contributed by atoms with E-state index < -0.39 is 5.97 Å². The number of urea groups is 1. The van der Waals surface area contributed by atoms with Gasteiger partial charge in [0.2, 0.25) is 0 Å². The molecule has 1 rings (SSSR count). The number of hydrogen-bond donors (Lipinski definition) is 1. The lowest BCUT2D eigenvalue weighted by Gasteiger charge is -2.28. The lowest BCUT2D eigenvalue weighted by Crippen LogP contribution is -2.46. The van der Waals surface area contributed by atoms with Crippen molar-refractivity contribution in [3.8, 4) is 0 Å². The summed E-state index contributed by atoms with van der Waals surface area (Å²) in [5, 5.41) is 8.79. The first-order valence-corrected chi connectivity index (χ1v) is 6.38. The number of ether oxygens (including phenoxy) is 1. The molecule has 1 aliphatic rings. The number of carboxylic acids is 1. The van der Waals surface area contributed by atoms with Gasteiger partial charge in [-0.3, -0.25) is 4.79 Å². The number of likely N-dealkylation sites (N-methyl/N-ethyl adjacent to an activating group) is 1. The molecule has 0 aromatic heterocycles. The fraction of sp³-hybridized carbons (Fsp3) is 0.833. The average molecular weight is 258 g/mol. The maximum Gasteiger partial charge on any atom is 0.323 e. The Bertz CT molecular complexity index is 290. The maximum atomic E-state index is 12.1. The summed E-state index contributed by atoms with van der Waals surface area (Å²) in [6, 6.07) is -0.241. The largest absolute Gasteiger partial charge is 0.480 e. The normalized spacial score (nSPS) is 18.7. The van der Waals surface area contributed by atoms with Crippen molar-refractivity contribution < 1.29 is 19.4 Å². The molecule has 1 N–H and O–H groups in total. The van der Waals surface area contributed by atoms with Crippen molar-refractivity contribution in [2.24, 2.45) is 0 Å². The Morgan fingerprint density at radius 1 is 1.44 bits per heavy atom. The van der Waals surface area contributed by atoms with Crippen LogP contribution in [0.4, 0.5) is 4.79 Å². The highest BCUT2D eigenvalue weighted by Crippen LogP contribution is 2.13.